The average Bonchev–Trinajstić information content (AvgIpc) is 2.25. The van der Waals surface area contributed by atoms with Crippen molar-refractivity contribution in [3.63, 3.8) is 0 Å². The van der Waals surface area contributed by atoms with E-state index in [0.717, 1.165) is 13.2 Å². The van der Waals surface area contributed by atoms with Gasteiger partial charge in [0.05, 0.1) is 6.10 Å². The summed E-state index contributed by atoms with van der Waals surface area (Å²) < 4.78 is 5.51. The van der Waals surface area contributed by atoms with Crippen molar-refractivity contribution in [2.45, 2.75) is 46.8 Å². The van der Waals surface area contributed by atoms with E-state index in [4.69, 9.17) is 4.74 Å². The third-order valence-electron chi connectivity index (χ3n) is 2.91. The molecule has 2 nitrogen and oxygen atoms in total. The summed E-state index contributed by atoms with van der Waals surface area (Å²) >= 11 is 0. The molecule has 0 amide bonds. The lowest BCUT2D eigenvalue weighted by atomic mass is 10.0. The van der Waals surface area contributed by atoms with E-state index in [-0.39, 0.29) is 6.10 Å². The molecule has 2 unspecified atom stereocenters. The van der Waals surface area contributed by atoms with Crippen molar-refractivity contribution in [2.75, 3.05) is 13.2 Å². The molecule has 1 rings (SSSR count). The van der Waals surface area contributed by atoms with Crippen LogP contribution in [0.4, 0.5) is 0 Å². The van der Waals surface area contributed by atoms with Crippen LogP contribution in [0, 0.1) is 13.8 Å². The van der Waals surface area contributed by atoms with Gasteiger partial charge in [-0.1, -0.05) is 29.3 Å². The fourth-order valence-electron chi connectivity index (χ4n) is 2.06. The van der Waals surface area contributed by atoms with Crippen molar-refractivity contribution in [2.24, 2.45) is 0 Å². The standard InChI is InChI=1S/C15H25NO/c1-6-17-13(4)10-16-14(5)15-8-11(2)7-12(3)9-15/h7-9,13-14,16H,6,10H2,1-5H3. The minimum absolute atomic E-state index is 0.272. The molecule has 0 fully saturated rings. The first-order valence-electron chi connectivity index (χ1n) is 6.46. The maximum atomic E-state index is 5.51. The van der Waals surface area contributed by atoms with Gasteiger partial charge in [0.1, 0.15) is 0 Å². The summed E-state index contributed by atoms with van der Waals surface area (Å²) in [5.41, 5.74) is 4.00. The predicted octanol–water partition coefficient (Wildman–Crippen LogP) is 3.38. The van der Waals surface area contributed by atoms with Gasteiger partial charge in [-0.15, -0.1) is 0 Å². The van der Waals surface area contributed by atoms with E-state index in [2.05, 4.69) is 51.2 Å². The number of ether oxygens (including phenoxy) is 1. The Morgan fingerprint density at radius 3 is 2.24 bits per heavy atom. The summed E-state index contributed by atoms with van der Waals surface area (Å²) in [4.78, 5) is 0. The second-order valence-corrected chi connectivity index (χ2v) is 4.82. The first kappa shape index (κ1) is 14.2. The van der Waals surface area contributed by atoms with Crippen LogP contribution in [0.1, 0.15) is 43.5 Å². The zero-order valence-corrected chi connectivity index (χ0v) is 11.7. The average molecular weight is 235 g/mol. The predicted molar refractivity (Wildman–Crippen MR) is 73.4 cm³/mol. The molecule has 0 saturated heterocycles. The van der Waals surface area contributed by atoms with Gasteiger partial charge in [-0.3, -0.25) is 0 Å². The highest BCUT2D eigenvalue weighted by Crippen LogP contribution is 2.16. The Morgan fingerprint density at radius 1 is 1.12 bits per heavy atom. The highest BCUT2D eigenvalue weighted by atomic mass is 16.5. The van der Waals surface area contributed by atoms with Crippen molar-refractivity contribution in [3.05, 3.63) is 34.9 Å². The molecule has 0 radical (unpaired) electrons. The molecule has 0 spiro atoms. The van der Waals surface area contributed by atoms with Gasteiger partial charge < -0.3 is 10.1 Å². The molecule has 0 aliphatic heterocycles. The highest BCUT2D eigenvalue weighted by molar-refractivity contribution is 5.30. The fourth-order valence-corrected chi connectivity index (χ4v) is 2.06. The van der Waals surface area contributed by atoms with Crippen LogP contribution in [0.25, 0.3) is 0 Å². The van der Waals surface area contributed by atoms with E-state index < -0.39 is 0 Å². The maximum absolute atomic E-state index is 5.51. The lowest BCUT2D eigenvalue weighted by molar-refractivity contribution is 0.0743. The van der Waals surface area contributed by atoms with Crippen LogP contribution >= 0.6 is 0 Å². The van der Waals surface area contributed by atoms with Gasteiger partial charge >= 0.3 is 0 Å². The summed E-state index contributed by atoms with van der Waals surface area (Å²) in [5, 5.41) is 3.51. The van der Waals surface area contributed by atoms with Crippen molar-refractivity contribution in [1.29, 1.82) is 0 Å². The Kier molecular flexibility index (Phi) is 5.66. The van der Waals surface area contributed by atoms with Gasteiger partial charge in [0, 0.05) is 19.2 Å². The molecule has 0 saturated carbocycles. The van der Waals surface area contributed by atoms with E-state index in [9.17, 15) is 0 Å². The molecule has 96 valence electrons. The Morgan fingerprint density at radius 2 is 1.71 bits per heavy atom. The minimum Gasteiger partial charge on any atom is -0.377 e. The van der Waals surface area contributed by atoms with Crippen LogP contribution in [-0.4, -0.2) is 19.3 Å². The lowest BCUT2D eigenvalue weighted by Crippen LogP contribution is -2.29. The maximum Gasteiger partial charge on any atom is 0.0671 e. The van der Waals surface area contributed by atoms with Crippen LogP contribution in [-0.2, 0) is 4.74 Å². The smallest absolute Gasteiger partial charge is 0.0671 e. The molecule has 1 aromatic rings. The van der Waals surface area contributed by atoms with Crippen molar-refractivity contribution in [3.8, 4) is 0 Å². The molecule has 1 aromatic carbocycles. The second kappa shape index (κ2) is 6.77. The topological polar surface area (TPSA) is 21.3 Å². The van der Waals surface area contributed by atoms with Crippen molar-refractivity contribution >= 4 is 0 Å². The Bertz CT molecular complexity index is 329. The normalized spacial score (nSPS) is 14.6. The summed E-state index contributed by atoms with van der Waals surface area (Å²) in [6.45, 7) is 12.3. The fraction of sp³-hybridized carbons (Fsp3) is 0.600. The third kappa shape index (κ3) is 4.88. The van der Waals surface area contributed by atoms with Gasteiger partial charge in [0.2, 0.25) is 0 Å². The van der Waals surface area contributed by atoms with Crippen LogP contribution in [0.5, 0.6) is 0 Å². The molecule has 2 heteroatoms. The van der Waals surface area contributed by atoms with E-state index in [1.54, 1.807) is 0 Å². The molecule has 0 bridgehead atoms. The van der Waals surface area contributed by atoms with Crippen LogP contribution in [0.15, 0.2) is 18.2 Å². The first-order chi connectivity index (χ1) is 8.02. The molecule has 17 heavy (non-hydrogen) atoms. The zero-order chi connectivity index (χ0) is 12.8. The van der Waals surface area contributed by atoms with E-state index in [0.29, 0.717) is 6.04 Å². The highest BCUT2D eigenvalue weighted by Gasteiger charge is 2.08. The van der Waals surface area contributed by atoms with Crippen molar-refractivity contribution < 1.29 is 4.74 Å². The first-order valence-corrected chi connectivity index (χ1v) is 6.46. The SMILES string of the molecule is CCOC(C)CNC(C)c1cc(C)cc(C)c1. The Hall–Kier alpha value is -0.860. The Balaban J connectivity index is 2.54. The molecule has 0 aliphatic carbocycles. The van der Waals surface area contributed by atoms with Gasteiger partial charge in [0.15, 0.2) is 0 Å². The van der Waals surface area contributed by atoms with Crippen LogP contribution in [0.2, 0.25) is 0 Å². The van der Waals surface area contributed by atoms with Gasteiger partial charge in [-0.25, -0.2) is 0 Å². The largest absolute Gasteiger partial charge is 0.377 e. The summed E-state index contributed by atoms with van der Waals surface area (Å²) in [5.74, 6) is 0. The molecule has 0 aliphatic rings. The quantitative estimate of drug-likeness (QED) is 0.816. The summed E-state index contributed by atoms with van der Waals surface area (Å²) in [6, 6.07) is 7.07. The number of hydrogen-bond donors (Lipinski definition) is 1. The lowest BCUT2D eigenvalue weighted by Gasteiger charge is -2.19. The van der Waals surface area contributed by atoms with E-state index in [1.165, 1.54) is 16.7 Å². The molecule has 1 N–H and O–H groups in total. The van der Waals surface area contributed by atoms with Gasteiger partial charge in [-0.05, 0) is 40.2 Å². The number of nitrogens with one attached hydrogen (secondary N) is 1. The molecular formula is C15H25NO. The van der Waals surface area contributed by atoms with Gasteiger partial charge in [-0.2, -0.15) is 0 Å². The monoisotopic (exact) mass is 235 g/mol. The van der Waals surface area contributed by atoms with Crippen molar-refractivity contribution in [1.82, 2.24) is 5.32 Å². The molecule has 0 aromatic heterocycles. The summed E-state index contributed by atoms with van der Waals surface area (Å²) in [6.07, 6.45) is 0.272. The number of aryl methyl sites for hydroxylation is 2. The zero-order valence-electron chi connectivity index (χ0n) is 11.7. The molecule has 0 heterocycles. The number of benzene rings is 1. The number of hydrogen-bond acceptors (Lipinski definition) is 2. The van der Waals surface area contributed by atoms with Crippen LogP contribution in [0.3, 0.4) is 0 Å². The van der Waals surface area contributed by atoms with E-state index >= 15 is 0 Å². The number of rotatable bonds is 6. The molecular weight excluding hydrogens is 210 g/mol. The second-order valence-electron chi connectivity index (χ2n) is 4.82. The summed E-state index contributed by atoms with van der Waals surface area (Å²) in [7, 11) is 0. The third-order valence-corrected chi connectivity index (χ3v) is 2.91. The van der Waals surface area contributed by atoms with Crippen LogP contribution < -0.4 is 5.32 Å². The van der Waals surface area contributed by atoms with Gasteiger partial charge in [0.25, 0.3) is 0 Å². The molecule has 2 atom stereocenters. The Labute approximate surface area is 105 Å². The minimum atomic E-state index is 0.272. The van der Waals surface area contributed by atoms with E-state index in [1.807, 2.05) is 6.92 Å².